The van der Waals surface area contributed by atoms with Crippen LogP contribution in [-0.2, 0) is 6.42 Å². The Morgan fingerprint density at radius 3 is 3.19 bits per heavy atom. The SMILES string of the molecule is CCCNC1CCCc2nc(C3CSCCN3C)ncc21. The van der Waals surface area contributed by atoms with E-state index >= 15 is 0 Å². The quantitative estimate of drug-likeness (QED) is 0.926. The largest absolute Gasteiger partial charge is 0.310 e. The molecule has 5 heteroatoms. The third-order valence-corrected chi connectivity index (χ3v) is 5.56. The Kier molecular flexibility index (Phi) is 5.14. The zero-order chi connectivity index (χ0) is 14.7. The number of hydrogen-bond donors (Lipinski definition) is 1. The van der Waals surface area contributed by atoms with Crippen LogP contribution in [0, 0.1) is 0 Å². The molecule has 3 rings (SSSR count). The van der Waals surface area contributed by atoms with Crippen LogP contribution in [0.25, 0.3) is 0 Å². The maximum Gasteiger partial charge on any atom is 0.146 e. The lowest BCUT2D eigenvalue weighted by molar-refractivity contribution is 0.263. The lowest BCUT2D eigenvalue weighted by atomic mass is 9.92. The standard InChI is InChI=1S/C16H26N4S/c1-3-7-17-13-5-4-6-14-12(13)10-18-16(19-14)15-11-21-9-8-20(15)2/h10,13,15,17H,3-9,11H2,1-2H3. The molecule has 2 atom stereocenters. The fourth-order valence-electron chi connectivity index (χ4n) is 3.21. The third kappa shape index (κ3) is 3.41. The topological polar surface area (TPSA) is 41.1 Å². The van der Waals surface area contributed by atoms with Crippen molar-refractivity contribution >= 4 is 11.8 Å². The van der Waals surface area contributed by atoms with Crippen LogP contribution in [0.5, 0.6) is 0 Å². The fourth-order valence-corrected chi connectivity index (χ4v) is 4.42. The van der Waals surface area contributed by atoms with Crippen LogP contribution in [0.15, 0.2) is 6.20 Å². The Bertz CT molecular complexity index is 479. The molecular weight excluding hydrogens is 280 g/mol. The molecule has 1 N–H and O–H groups in total. The molecule has 0 bridgehead atoms. The first-order chi connectivity index (χ1) is 10.3. The average Bonchev–Trinajstić information content (AvgIpc) is 2.52. The van der Waals surface area contributed by atoms with Crippen LogP contribution >= 0.6 is 11.8 Å². The molecule has 1 aromatic rings. The number of hydrogen-bond acceptors (Lipinski definition) is 5. The van der Waals surface area contributed by atoms with Crippen molar-refractivity contribution in [2.24, 2.45) is 0 Å². The van der Waals surface area contributed by atoms with Crippen molar-refractivity contribution in [2.75, 3.05) is 31.6 Å². The average molecular weight is 306 g/mol. The molecule has 2 unspecified atom stereocenters. The van der Waals surface area contributed by atoms with E-state index in [0.717, 1.165) is 31.1 Å². The minimum absolute atomic E-state index is 0.387. The van der Waals surface area contributed by atoms with Gasteiger partial charge in [0.15, 0.2) is 0 Å². The summed E-state index contributed by atoms with van der Waals surface area (Å²) in [6, 6.07) is 0.847. The number of aryl methyl sites for hydroxylation is 1. The Labute approximate surface area is 132 Å². The highest BCUT2D eigenvalue weighted by atomic mass is 32.2. The van der Waals surface area contributed by atoms with E-state index in [0.29, 0.717) is 12.1 Å². The minimum Gasteiger partial charge on any atom is -0.310 e. The van der Waals surface area contributed by atoms with Gasteiger partial charge in [0.2, 0.25) is 0 Å². The van der Waals surface area contributed by atoms with Gasteiger partial charge in [0, 0.05) is 41.5 Å². The molecule has 0 aromatic carbocycles. The maximum atomic E-state index is 4.94. The van der Waals surface area contributed by atoms with E-state index in [9.17, 15) is 0 Å². The first-order valence-electron chi connectivity index (χ1n) is 8.16. The van der Waals surface area contributed by atoms with Gasteiger partial charge in [0.25, 0.3) is 0 Å². The van der Waals surface area contributed by atoms with Gasteiger partial charge in [0.1, 0.15) is 5.82 Å². The molecule has 0 radical (unpaired) electrons. The second-order valence-electron chi connectivity index (χ2n) is 6.10. The van der Waals surface area contributed by atoms with Crippen LogP contribution in [0.4, 0.5) is 0 Å². The Hall–Kier alpha value is -0.650. The van der Waals surface area contributed by atoms with Crippen molar-refractivity contribution in [2.45, 2.75) is 44.7 Å². The summed E-state index contributed by atoms with van der Waals surface area (Å²) >= 11 is 2.02. The highest BCUT2D eigenvalue weighted by molar-refractivity contribution is 7.99. The number of thioether (sulfide) groups is 1. The zero-order valence-electron chi connectivity index (χ0n) is 13.1. The Morgan fingerprint density at radius 2 is 2.38 bits per heavy atom. The van der Waals surface area contributed by atoms with Crippen molar-refractivity contribution in [3.05, 3.63) is 23.3 Å². The van der Waals surface area contributed by atoms with Crippen molar-refractivity contribution in [1.82, 2.24) is 20.2 Å². The Balaban J connectivity index is 1.80. The molecule has 0 saturated carbocycles. The van der Waals surface area contributed by atoms with E-state index in [4.69, 9.17) is 9.97 Å². The Morgan fingerprint density at radius 1 is 1.48 bits per heavy atom. The number of fused-ring (bicyclic) bond motifs is 1. The van der Waals surface area contributed by atoms with E-state index in [1.807, 2.05) is 11.8 Å². The molecule has 2 aliphatic rings. The van der Waals surface area contributed by atoms with Crippen LogP contribution in [0.1, 0.15) is 55.4 Å². The molecule has 1 saturated heterocycles. The van der Waals surface area contributed by atoms with Gasteiger partial charge < -0.3 is 5.32 Å². The lowest BCUT2D eigenvalue weighted by Crippen LogP contribution is -2.34. The molecule has 4 nitrogen and oxygen atoms in total. The molecule has 1 aliphatic carbocycles. The molecule has 1 fully saturated rings. The zero-order valence-corrected chi connectivity index (χ0v) is 14.0. The van der Waals surface area contributed by atoms with Gasteiger partial charge in [-0.05, 0) is 39.3 Å². The molecule has 1 aliphatic heterocycles. The summed E-state index contributed by atoms with van der Waals surface area (Å²) < 4.78 is 0. The highest BCUT2D eigenvalue weighted by Gasteiger charge is 2.27. The molecule has 0 spiro atoms. The van der Waals surface area contributed by atoms with Gasteiger partial charge in [-0.1, -0.05) is 6.92 Å². The van der Waals surface area contributed by atoms with E-state index in [1.165, 1.54) is 36.3 Å². The molecule has 0 amide bonds. The highest BCUT2D eigenvalue weighted by Crippen LogP contribution is 2.31. The van der Waals surface area contributed by atoms with E-state index in [2.05, 4.69) is 30.4 Å². The summed E-state index contributed by atoms with van der Waals surface area (Å²) in [5.74, 6) is 3.37. The lowest BCUT2D eigenvalue weighted by Gasteiger charge is -2.32. The van der Waals surface area contributed by atoms with Gasteiger partial charge in [-0.2, -0.15) is 11.8 Å². The minimum atomic E-state index is 0.387. The van der Waals surface area contributed by atoms with Crippen molar-refractivity contribution < 1.29 is 0 Å². The molecule has 21 heavy (non-hydrogen) atoms. The molecule has 1 aromatic heterocycles. The van der Waals surface area contributed by atoms with E-state index < -0.39 is 0 Å². The normalized spacial score (nSPS) is 26.6. The van der Waals surface area contributed by atoms with Crippen molar-refractivity contribution in [3.8, 4) is 0 Å². The summed E-state index contributed by atoms with van der Waals surface area (Å²) in [4.78, 5) is 12.1. The number of aromatic nitrogens is 2. The smallest absolute Gasteiger partial charge is 0.146 e. The third-order valence-electron chi connectivity index (χ3n) is 4.54. The molecule has 2 heterocycles. The van der Waals surface area contributed by atoms with E-state index in [1.54, 1.807) is 0 Å². The summed E-state index contributed by atoms with van der Waals surface area (Å²) in [6.45, 7) is 4.43. The van der Waals surface area contributed by atoms with Gasteiger partial charge >= 0.3 is 0 Å². The van der Waals surface area contributed by atoms with Gasteiger partial charge in [0.05, 0.1) is 6.04 Å². The summed E-state index contributed by atoms with van der Waals surface area (Å²) in [5.41, 5.74) is 2.62. The first-order valence-corrected chi connectivity index (χ1v) is 9.32. The van der Waals surface area contributed by atoms with Gasteiger partial charge in [-0.3, -0.25) is 4.90 Å². The van der Waals surface area contributed by atoms with Crippen molar-refractivity contribution in [3.63, 3.8) is 0 Å². The van der Waals surface area contributed by atoms with Crippen LogP contribution in [-0.4, -0.2) is 46.5 Å². The van der Waals surface area contributed by atoms with Crippen LogP contribution in [0.3, 0.4) is 0 Å². The first kappa shape index (κ1) is 15.3. The summed E-state index contributed by atoms with van der Waals surface area (Å²) in [7, 11) is 2.19. The van der Waals surface area contributed by atoms with E-state index in [-0.39, 0.29) is 0 Å². The second kappa shape index (κ2) is 7.07. The van der Waals surface area contributed by atoms with Gasteiger partial charge in [-0.25, -0.2) is 9.97 Å². The van der Waals surface area contributed by atoms with Crippen LogP contribution < -0.4 is 5.32 Å². The second-order valence-corrected chi connectivity index (χ2v) is 7.25. The maximum absolute atomic E-state index is 4.94. The molecule has 116 valence electrons. The number of nitrogens with one attached hydrogen (secondary N) is 1. The number of nitrogens with zero attached hydrogens (tertiary/aromatic N) is 3. The van der Waals surface area contributed by atoms with Crippen molar-refractivity contribution in [1.29, 1.82) is 0 Å². The fraction of sp³-hybridized carbons (Fsp3) is 0.750. The van der Waals surface area contributed by atoms with Crippen LogP contribution in [0.2, 0.25) is 0 Å². The predicted molar refractivity (Wildman–Crippen MR) is 88.7 cm³/mol. The molecular formula is C16H26N4S. The predicted octanol–water partition coefficient (Wildman–Crippen LogP) is 2.57. The summed E-state index contributed by atoms with van der Waals surface area (Å²) in [5, 5.41) is 3.64. The van der Waals surface area contributed by atoms with Gasteiger partial charge in [-0.15, -0.1) is 0 Å². The summed E-state index contributed by atoms with van der Waals surface area (Å²) in [6.07, 6.45) is 6.83. The monoisotopic (exact) mass is 306 g/mol. The number of rotatable bonds is 4.